The molecule has 1 amide bonds. The lowest BCUT2D eigenvalue weighted by molar-refractivity contribution is 0.0948. The molecule has 1 N–H and O–H groups in total. The van der Waals surface area contributed by atoms with Gasteiger partial charge >= 0.3 is 0 Å². The summed E-state index contributed by atoms with van der Waals surface area (Å²) in [4.78, 5) is 13.3. The van der Waals surface area contributed by atoms with Crippen LogP contribution in [0.4, 0.5) is 0 Å². The summed E-state index contributed by atoms with van der Waals surface area (Å²) in [5.41, 5.74) is 0.605. The predicted octanol–water partition coefficient (Wildman–Crippen LogP) is 5.12. The minimum absolute atomic E-state index is 0.130. The van der Waals surface area contributed by atoms with Gasteiger partial charge in [-0.15, -0.1) is 11.3 Å². The fourth-order valence-corrected chi connectivity index (χ4v) is 3.02. The maximum absolute atomic E-state index is 12.2. The van der Waals surface area contributed by atoms with E-state index >= 15 is 0 Å². The summed E-state index contributed by atoms with van der Waals surface area (Å²) in [6.45, 7) is 3.19. The van der Waals surface area contributed by atoms with Crippen LogP contribution in [0, 0.1) is 0 Å². The van der Waals surface area contributed by atoms with Gasteiger partial charge in [0, 0.05) is 5.56 Å². The zero-order valence-corrected chi connectivity index (χ0v) is 15.0. The Bertz CT molecular complexity index is 791. The van der Waals surface area contributed by atoms with Crippen LogP contribution in [-0.4, -0.2) is 12.5 Å². The lowest BCUT2D eigenvalue weighted by atomic mass is 10.2. The highest BCUT2D eigenvalue weighted by Crippen LogP contribution is 2.26. The molecule has 0 aliphatic rings. The van der Waals surface area contributed by atoms with Crippen molar-refractivity contribution < 1.29 is 13.9 Å². The molecule has 0 spiro atoms. The second-order valence-corrected chi connectivity index (χ2v) is 6.60. The summed E-state index contributed by atoms with van der Waals surface area (Å²) in [6, 6.07) is 15.0. The summed E-state index contributed by atoms with van der Waals surface area (Å²) in [6.07, 6.45) is 2.13. The van der Waals surface area contributed by atoms with Gasteiger partial charge in [-0.05, 0) is 54.3 Å². The van der Waals surface area contributed by atoms with E-state index in [9.17, 15) is 4.79 Å². The van der Waals surface area contributed by atoms with Gasteiger partial charge in [0.15, 0.2) is 0 Å². The summed E-state index contributed by atoms with van der Waals surface area (Å²) < 4.78 is 11.4. The van der Waals surface area contributed by atoms with Crippen LogP contribution in [0.5, 0.6) is 5.75 Å². The fraction of sp³-hybridized carbons (Fsp3) is 0.250. The van der Waals surface area contributed by atoms with Crippen molar-refractivity contribution >= 4 is 17.2 Å². The lowest BCUT2D eigenvalue weighted by Crippen LogP contribution is -2.22. The van der Waals surface area contributed by atoms with Gasteiger partial charge in [-0.25, -0.2) is 0 Å². The molecule has 4 nitrogen and oxygen atoms in total. The molecule has 0 unspecified atom stereocenters. The molecule has 0 bridgehead atoms. The molecule has 0 fully saturated rings. The normalized spacial score (nSPS) is 10.6. The smallest absolute Gasteiger partial charge is 0.251 e. The number of ether oxygens (including phenoxy) is 1. The number of carbonyl (C=O) groups is 1. The van der Waals surface area contributed by atoms with Gasteiger partial charge in [0.2, 0.25) is 0 Å². The van der Waals surface area contributed by atoms with Gasteiger partial charge in [-0.3, -0.25) is 4.79 Å². The number of rotatable bonds is 8. The molecule has 25 heavy (non-hydrogen) atoms. The molecule has 0 aliphatic heterocycles. The van der Waals surface area contributed by atoms with Crippen molar-refractivity contribution in [1.82, 2.24) is 5.32 Å². The third-order valence-electron chi connectivity index (χ3n) is 3.73. The summed E-state index contributed by atoms with van der Waals surface area (Å²) in [5.74, 6) is 2.22. The van der Waals surface area contributed by atoms with Crippen molar-refractivity contribution in [2.24, 2.45) is 0 Å². The predicted molar refractivity (Wildman–Crippen MR) is 100 cm³/mol. The topological polar surface area (TPSA) is 51.5 Å². The Labute approximate surface area is 151 Å². The second kappa shape index (κ2) is 8.53. The zero-order valence-electron chi connectivity index (χ0n) is 14.2. The number of unbranched alkanes of at least 4 members (excludes halogenated alkanes) is 1. The molecule has 1 aromatic carbocycles. The Balaban J connectivity index is 1.52. The molecule has 0 saturated heterocycles. The molecular weight excluding hydrogens is 334 g/mol. The first-order chi connectivity index (χ1) is 12.3. The molecule has 3 aromatic rings. The third kappa shape index (κ3) is 4.73. The molecule has 2 heterocycles. The molecular formula is C20H21NO3S. The number of benzene rings is 1. The Hall–Kier alpha value is -2.53. The monoisotopic (exact) mass is 355 g/mol. The van der Waals surface area contributed by atoms with Crippen LogP contribution in [0.25, 0.3) is 10.6 Å². The van der Waals surface area contributed by atoms with Crippen LogP contribution >= 0.6 is 11.3 Å². The minimum atomic E-state index is -0.130. The van der Waals surface area contributed by atoms with E-state index in [4.69, 9.17) is 9.15 Å². The molecule has 130 valence electrons. The fourth-order valence-electron chi connectivity index (χ4n) is 2.33. The first-order valence-corrected chi connectivity index (χ1v) is 9.28. The van der Waals surface area contributed by atoms with Crippen LogP contribution in [0.3, 0.4) is 0 Å². The quantitative estimate of drug-likeness (QED) is 0.571. The van der Waals surface area contributed by atoms with Crippen molar-refractivity contribution in [2.45, 2.75) is 26.3 Å². The number of amides is 1. The Morgan fingerprint density at radius 3 is 2.72 bits per heavy atom. The number of carbonyl (C=O) groups excluding carboxylic acids is 1. The highest BCUT2D eigenvalue weighted by molar-refractivity contribution is 7.13. The Morgan fingerprint density at radius 2 is 2.00 bits per heavy atom. The van der Waals surface area contributed by atoms with Crippen molar-refractivity contribution in [1.29, 1.82) is 0 Å². The van der Waals surface area contributed by atoms with Crippen LogP contribution in [0.1, 0.15) is 35.9 Å². The largest absolute Gasteiger partial charge is 0.494 e. The molecule has 0 aliphatic carbocycles. The van der Waals surface area contributed by atoms with Gasteiger partial charge in [-0.1, -0.05) is 19.4 Å². The van der Waals surface area contributed by atoms with Gasteiger partial charge in [0.05, 0.1) is 18.0 Å². The summed E-state index contributed by atoms with van der Waals surface area (Å²) in [5, 5.41) is 4.88. The summed E-state index contributed by atoms with van der Waals surface area (Å²) in [7, 11) is 0. The second-order valence-electron chi connectivity index (χ2n) is 5.65. The van der Waals surface area contributed by atoms with Crippen molar-refractivity contribution in [3.63, 3.8) is 0 Å². The molecule has 0 atom stereocenters. The molecule has 0 saturated carbocycles. The summed E-state index contributed by atoms with van der Waals surface area (Å²) >= 11 is 1.63. The number of furan rings is 1. The third-order valence-corrected chi connectivity index (χ3v) is 4.62. The molecule has 5 heteroatoms. The SMILES string of the molecule is CCCCOc1ccc(C(=O)NCc2ccc(-c3cccs3)o2)cc1. The van der Waals surface area contributed by atoms with Crippen molar-refractivity contribution in [3.05, 3.63) is 65.2 Å². The maximum atomic E-state index is 12.2. The lowest BCUT2D eigenvalue weighted by Gasteiger charge is -2.07. The average Bonchev–Trinajstić information content (AvgIpc) is 3.32. The number of thiophene rings is 1. The van der Waals surface area contributed by atoms with Crippen molar-refractivity contribution in [3.8, 4) is 16.4 Å². The molecule has 3 rings (SSSR count). The average molecular weight is 355 g/mol. The highest BCUT2D eigenvalue weighted by Gasteiger charge is 2.09. The molecule has 0 radical (unpaired) electrons. The first kappa shape index (κ1) is 17.3. The van der Waals surface area contributed by atoms with E-state index in [0.29, 0.717) is 18.7 Å². The van der Waals surface area contributed by atoms with Gasteiger partial charge < -0.3 is 14.5 Å². The van der Waals surface area contributed by atoms with E-state index in [1.165, 1.54) is 0 Å². The van der Waals surface area contributed by atoms with Gasteiger partial charge in [-0.2, -0.15) is 0 Å². The standard InChI is InChI=1S/C20H21NO3S/c1-2-3-12-23-16-8-6-15(7-9-16)20(22)21-14-17-10-11-18(24-17)19-5-4-13-25-19/h4-11,13H,2-3,12,14H2,1H3,(H,21,22). The van der Waals surface area contributed by atoms with E-state index in [2.05, 4.69) is 12.2 Å². The maximum Gasteiger partial charge on any atom is 0.251 e. The Morgan fingerprint density at radius 1 is 1.16 bits per heavy atom. The highest BCUT2D eigenvalue weighted by atomic mass is 32.1. The first-order valence-electron chi connectivity index (χ1n) is 8.40. The molecule has 2 aromatic heterocycles. The van der Waals surface area contributed by atoms with Crippen LogP contribution in [0.15, 0.2) is 58.3 Å². The van der Waals surface area contributed by atoms with E-state index in [-0.39, 0.29) is 5.91 Å². The van der Waals surface area contributed by atoms with Crippen molar-refractivity contribution in [2.75, 3.05) is 6.61 Å². The van der Waals surface area contributed by atoms with E-state index in [0.717, 1.165) is 35.0 Å². The minimum Gasteiger partial charge on any atom is -0.494 e. The Kier molecular flexibility index (Phi) is 5.90. The van der Waals surface area contributed by atoms with Gasteiger partial charge in [0.1, 0.15) is 17.3 Å². The van der Waals surface area contributed by atoms with Crippen LogP contribution in [-0.2, 0) is 6.54 Å². The van der Waals surface area contributed by atoms with E-state index < -0.39 is 0 Å². The zero-order chi connectivity index (χ0) is 17.5. The number of hydrogen-bond acceptors (Lipinski definition) is 4. The van der Waals surface area contributed by atoms with E-state index in [1.54, 1.807) is 23.5 Å². The number of nitrogens with one attached hydrogen (secondary N) is 1. The van der Waals surface area contributed by atoms with E-state index in [1.807, 2.05) is 41.8 Å². The van der Waals surface area contributed by atoms with Crippen LogP contribution in [0.2, 0.25) is 0 Å². The van der Waals surface area contributed by atoms with Gasteiger partial charge in [0.25, 0.3) is 5.91 Å². The van der Waals surface area contributed by atoms with Crippen LogP contribution < -0.4 is 10.1 Å². The number of hydrogen-bond donors (Lipinski definition) is 1.